The van der Waals surface area contributed by atoms with Gasteiger partial charge in [0, 0.05) is 18.3 Å². The predicted octanol–water partition coefficient (Wildman–Crippen LogP) is -1.64. The molecular formula is C19H30N6O7. The first-order valence-electron chi connectivity index (χ1n) is 9.99. The monoisotopic (exact) mass is 454 g/mol. The number of aromatic nitrogens is 2. The van der Waals surface area contributed by atoms with Crippen LogP contribution in [-0.2, 0) is 30.4 Å². The molecule has 0 saturated carbocycles. The van der Waals surface area contributed by atoms with Crippen LogP contribution in [0, 0.1) is 5.92 Å². The number of nitrogens with two attached hydrogens (primary N) is 1. The Morgan fingerprint density at radius 3 is 2.00 bits per heavy atom. The highest BCUT2D eigenvalue weighted by Crippen LogP contribution is 2.07. The molecule has 1 aromatic rings. The number of carboxylic acid groups (broad SMARTS) is 2. The van der Waals surface area contributed by atoms with Crippen molar-refractivity contribution in [1.29, 1.82) is 0 Å². The third kappa shape index (κ3) is 9.12. The number of imidazole rings is 1. The Morgan fingerprint density at radius 1 is 0.969 bits per heavy atom. The minimum absolute atomic E-state index is 0.0309. The summed E-state index contributed by atoms with van der Waals surface area (Å²) in [5.74, 6) is -5.17. The summed E-state index contributed by atoms with van der Waals surface area (Å²) in [4.78, 5) is 66.7. The van der Waals surface area contributed by atoms with E-state index in [1.54, 1.807) is 13.8 Å². The van der Waals surface area contributed by atoms with Gasteiger partial charge in [-0.25, -0.2) is 9.78 Å². The maximum atomic E-state index is 12.8. The van der Waals surface area contributed by atoms with E-state index >= 15 is 0 Å². The number of nitrogens with zero attached hydrogens (tertiary/aromatic N) is 1. The van der Waals surface area contributed by atoms with Crippen LogP contribution in [0.2, 0.25) is 0 Å². The number of aliphatic carboxylic acids is 2. The fourth-order valence-corrected chi connectivity index (χ4v) is 2.75. The molecule has 4 atom stereocenters. The predicted molar refractivity (Wildman–Crippen MR) is 111 cm³/mol. The van der Waals surface area contributed by atoms with E-state index in [0.717, 1.165) is 0 Å². The molecule has 4 unspecified atom stereocenters. The van der Waals surface area contributed by atoms with Crippen molar-refractivity contribution in [1.82, 2.24) is 25.9 Å². The molecule has 3 amide bonds. The van der Waals surface area contributed by atoms with E-state index in [9.17, 15) is 29.1 Å². The van der Waals surface area contributed by atoms with Gasteiger partial charge in [0.15, 0.2) is 0 Å². The first-order chi connectivity index (χ1) is 14.9. The zero-order chi connectivity index (χ0) is 24.4. The van der Waals surface area contributed by atoms with E-state index in [4.69, 9.17) is 10.8 Å². The van der Waals surface area contributed by atoms with Crippen molar-refractivity contribution >= 4 is 29.7 Å². The topological polar surface area (TPSA) is 217 Å². The standard InChI is InChI=1S/C19H30N6O7/c1-9(2)4-14(19(31)32)25-18(30)13(6-15(26)27)24-17(29)12(23-16(28)10(3)20)5-11-7-21-8-22-11/h7-10,12-14H,4-6,20H2,1-3H3,(H,21,22)(H,23,28)(H,24,29)(H,25,30)(H,26,27)(H,31,32). The van der Waals surface area contributed by atoms with Crippen molar-refractivity contribution in [3.8, 4) is 0 Å². The summed E-state index contributed by atoms with van der Waals surface area (Å²) in [6.45, 7) is 4.95. The SMILES string of the molecule is CC(C)CC(NC(=O)C(CC(=O)O)NC(=O)C(Cc1cnc[nH]1)NC(=O)C(C)N)C(=O)O. The van der Waals surface area contributed by atoms with E-state index in [1.165, 1.54) is 19.4 Å². The molecular weight excluding hydrogens is 424 g/mol. The summed E-state index contributed by atoms with van der Waals surface area (Å²) in [6.07, 6.45) is 2.10. The largest absolute Gasteiger partial charge is 0.481 e. The number of hydrogen-bond acceptors (Lipinski definition) is 7. The summed E-state index contributed by atoms with van der Waals surface area (Å²) in [6, 6.07) is -4.93. The molecule has 13 heteroatoms. The summed E-state index contributed by atoms with van der Waals surface area (Å²) >= 11 is 0. The number of hydrogen-bond donors (Lipinski definition) is 7. The number of H-pyrrole nitrogens is 1. The Hall–Kier alpha value is -3.48. The van der Waals surface area contributed by atoms with Gasteiger partial charge in [-0.2, -0.15) is 0 Å². The number of aromatic amines is 1. The number of amides is 3. The first kappa shape index (κ1) is 26.6. The molecule has 178 valence electrons. The lowest BCUT2D eigenvalue weighted by Gasteiger charge is -2.24. The van der Waals surface area contributed by atoms with Crippen molar-refractivity contribution in [3.05, 3.63) is 18.2 Å². The second-order valence-electron chi connectivity index (χ2n) is 7.82. The van der Waals surface area contributed by atoms with Crippen molar-refractivity contribution in [2.45, 2.75) is 64.2 Å². The van der Waals surface area contributed by atoms with Crippen molar-refractivity contribution < 1.29 is 34.2 Å². The van der Waals surface area contributed by atoms with Gasteiger partial charge >= 0.3 is 11.9 Å². The van der Waals surface area contributed by atoms with Gasteiger partial charge in [0.05, 0.1) is 18.8 Å². The molecule has 32 heavy (non-hydrogen) atoms. The van der Waals surface area contributed by atoms with Crippen LogP contribution in [0.25, 0.3) is 0 Å². The lowest BCUT2D eigenvalue weighted by molar-refractivity contribution is -0.144. The van der Waals surface area contributed by atoms with Crippen LogP contribution >= 0.6 is 0 Å². The average Bonchev–Trinajstić information content (AvgIpc) is 3.18. The number of rotatable bonds is 13. The summed E-state index contributed by atoms with van der Waals surface area (Å²) < 4.78 is 0. The second kappa shape index (κ2) is 12.4. The second-order valence-corrected chi connectivity index (χ2v) is 7.82. The highest BCUT2D eigenvalue weighted by molar-refractivity contribution is 5.95. The molecule has 0 fully saturated rings. The van der Waals surface area contributed by atoms with Crippen LogP contribution in [0.1, 0.15) is 39.3 Å². The summed E-state index contributed by atoms with van der Waals surface area (Å²) in [5.41, 5.74) is 6.03. The molecule has 0 saturated heterocycles. The number of carbonyl (C=O) groups excluding carboxylic acids is 3. The molecule has 1 aromatic heterocycles. The van der Waals surface area contributed by atoms with Crippen molar-refractivity contribution in [3.63, 3.8) is 0 Å². The van der Waals surface area contributed by atoms with E-state index in [-0.39, 0.29) is 18.8 Å². The Morgan fingerprint density at radius 2 is 1.53 bits per heavy atom. The fraction of sp³-hybridized carbons (Fsp3) is 0.579. The van der Waals surface area contributed by atoms with Gasteiger partial charge in [0.2, 0.25) is 17.7 Å². The smallest absolute Gasteiger partial charge is 0.326 e. The first-order valence-corrected chi connectivity index (χ1v) is 9.99. The number of nitrogens with one attached hydrogen (secondary N) is 4. The lowest BCUT2D eigenvalue weighted by Crippen LogP contribution is -2.57. The van der Waals surface area contributed by atoms with E-state index in [2.05, 4.69) is 25.9 Å². The molecule has 1 rings (SSSR count). The van der Waals surface area contributed by atoms with Crippen LogP contribution in [-0.4, -0.2) is 74.0 Å². The van der Waals surface area contributed by atoms with Gasteiger partial charge < -0.3 is 36.9 Å². The molecule has 0 aliphatic rings. The van der Waals surface area contributed by atoms with Crippen molar-refractivity contribution in [2.24, 2.45) is 11.7 Å². The van der Waals surface area contributed by atoms with Gasteiger partial charge in [-0.3, -0.25) is 19.2 Å². The Bertz CT molecular complexity index is 809. The van der Waals surface area contributed by atoms with Crippen LogP contribution in [0.3, 0.4) is 0 Å². The molecule has 8 N–H and O–H groups in total. The van der Waals surface area contributed by atoms with Gasteiger partial charge in [-0.05, 0) is 19.3 Å². The summed E-state index contributed by atoms with van der Waals surface area (Å²) in [5, 5.41) is 25.5. The van der Waals surface area contributed by atoms with Gasteiger partial charge in [0.1, 0.15) is 18.1 Å². The third-order valence-electron chi connectivity index (χ3n) is 4.36. The Balaban J connectivity index is 3.02. The molecule has 0 aliphatic heterocycles. The van der Waals surface area contributed by atoms with Crippen LogP contribution in [0.5, 0.6) is 0 Å². The van der Waals surface area contributed by atoms with E-state index < -0.39 is 60.2 Å². The summed E-state index contributed by atoms with van der Waals surface area (Å²) in [7, 11) is 0. The number of carboxylic acids is 2. The minimum Gasteiger partial charge on any atom is -0.481 e. The lowest BCUT2D eigenvalue weighted by atomic mass is 10.0. The molecule has 0 radical (unpaired) electrons. The molecule has 0 aromatic carbocycles. The molecule has 0 aliphatic carbocycles. The third-order valence-corrected chi connectivity index (χ3v) is 4.36. The van der Waals surface area contributed by atoms with Crippen LogP contribution in [0.4, 0.5) is 0 Å². The van der Waals surface area contributed by atoms with Crippen LogP contribution < -0.4 is 21.7 Å². The fourth-order valence-electron chi connectivity index (χ4n) is 2.75. The molecule has 1 heterocycles. The molecule has 0 spiro atoms. The Labute approximate surface area is 184 Å². The highest BCUT2D eigenvalue weighted by atomic mass is 16.4. The molecule has 0 bridgehead atoms. The van der Waals surface area contributed by atoms with Crippen molar-refractivity contribution in [2.75, 3.05) is 0 Å². The van der Waals surface area contributed by atoms with E-state index in [0.29, 0.717) is 5.69 Å². The highest BCUT2D eigenvalue weighted by Gasteiger charge is 2.31. The zero-order valence-corrected chi connectivity index (χ0v) is 18.1. The normalized spacial score (nSPS) is 14.7. The van der Waals surface area contributed by atoms with E-state index in [1.807, 2.05) is 0 Å². The zero-order valence-electron chi connectivity index (χ0n) is 18.1. The average molecular weight is 454 g/mol. The quantitative estimate of drug-likeness (QED) is 0.181. The maximum absolute atomic E-state index is 12.8. The maximum Gasteiger partial charge on any atom is 0.326 e. The minimum atomic E-state index is -1.56. The van der Waals surface area contributed by atoms with Gasteiger partial charge in [0.25, 0.3) is 0 Å². The van der Waals surface area contributed by atoms with Crippen LogP contribution in [0.15, 0.2) is 12.5 Å². The van der Waals surface area contributed by atoms with Gasteiger partial charge in [-0.15, -0.1) is 0 Å². The van der Waals surface area contributed by atoms with Gasteiger partial charge in [-0.1, -0.05) is 13.8 Å². The molecule has 13 nitrogen and oxygen atoms in total. The number of carbonyl (C=O) groups is 5. The Kier molecular flexibility index (Phi) is 10.3.